The number of hydrogen-bond donors (Lipinski definition) is 1. The van der Waals surface area contributed by atoms with Crippen LogP contribution in [0.4, 0.5) is 5.69 Å². The second-order valence-electron chi connectivity index (χ2n) is 6.63. The number of nitrogens with one attached hydrogen (secondary N) is 1. The van der Waals surface area contributed by atoms with Gasteiger partial charge in [-0.25, -0.2) is 8.42 Å². The van der Waals surface area contributed by atoms with E-state index in [4.69, 9.17) is 4.74 Å². The molecule has 3 rings (SSSR count). The van der Waals surface area contributed by atoms with Crippen LogP contribution in [0, 0.1) is 6.92 Å². The van der Waals surface area contributed by atoms with Gasteiger partial charge in [-0.15, -0.1) is 0 Å². The number of aryl methyl sites for hydroxylation is 1. The van der Waals surface area contributed by atoms with Crippen molar-refractivity contribution in [3.05, 3.63) is 54.1 Å². The Labute approximate surface area is 154 Å². The molecule has 0 atom stereocenters. The van der Waals surface area contributed by atoms with Crippen molar-refractivity contribution in [2.45, 2.75) is 42.8 Å². The minimum Gasteiger partial charge on any atom is -0.484 e. The van der Waals surface area contributed by atoms with Crippen LogP contribution in [0.2, 0.25) is 0 Å². The number of sulfone groups is 1. The summed E-state index contributed by atoms with van der Waals surface area (Å²) in [5.74, 6) is 0.282. The largest absolute Gasteiger partial charge is 0.484 e. The molecule has 5 nitrogen and oxygen atoms in total. The van der Waals surface area contributed by atoms with E-state index >= 15 is 0 Å². The van der Waals surface area contributed by atoms with Gasteiger partial charge in [0.2, 0.25) is 0 Å². The molecule has 26 heavy (non-hydrogen) atoms. The smallest absolute Gasteiger partial charge is 0.262 e. The van der Waals surface area contributed by atoms with Gasteiger partial charge in [0.1, 0.15) is 5.75 Å². The van der Waals surface area contributed by atoms with Crippen LogP contribution in [-0.4, -0.2) is 26.2 Å². The number of carbonyl (C=O) groups excluding carboxylic acids is 1. The minimum atomic E-state index is -3.34. The fourth-order valence-electron chi connectivity index (χ4n) is 3.12. The lowest BCUT2D eigenvalue weighted by atomic mass is 10.2. The second-order valence-corrected chi connectivity index (χ2v) is 8.86. The maximum absolute atomic E-state index is 12.7. The molecule has 1 aliphatic rings. The van der Waals surface area contributed by atoms with E-state index in [1.165, 1.54) is 6.07 Å². The van der Waals surface area contributed by atoms with E-state index in [9.17, 15) is 13.2 Å². The first kappa shape index (κ1) is 18.5. The van der Waals surface area contributed by atoms with Crippen LogP contribution in [0.15, 0.2) is 53.4 Å². The lowest BCUT2D eigenvalue weighted by molar-refractivity contribution is -0.118. The van der Waals surface area contributed by atoms with Gasteiger partial charge in [0.05, 0.1) is 10.1 Å². The van der Waals surface area contributed by atoms with Crippen LogP contribution in [0.1, 0.15) is 31.2 Å². The Morgan fingerprint density at radius 2 is 1.81 bits per heavy atom. The molecule has 0 saturated heterocycles. The molecule has 1 fully saturated rings. The average molecular weight is 373 g/mol. The summed E-state index contributed by atoms with van der Waals surface area (Å²) in [6.45, 7) is 1.84. The zero-order valence-electron chi connectivity index (χ0n) is 14.8. The summed E-state index contributed by atoms with van der Waals surface area (Å²) < 4.78 is 30.8. The second kappa shape index (κ2) is 7.91. The van der Waals surface area contributed by atoms with Crippen molar-refractivity contribution in [1.29, 1.82) is 0 Å². The Kier molecular flexibility index (Phi) is 5.61. The van der Waals surface area contributed by atoms with Crippen molar-refractivity contribution in [3.63, 3.8) is 0 Å². The van der Waals surface area contributed by atoms with Gasteiger partial charge in [0.15, 0.2) is 16.4 Å². The number of rotatable bonds is 6. The van der Waals surface area contributed by atoms with Gasteiger partial charge in [0.25, 0.3) is 5.91 Å². The molecule has 0 aliphatic heterocycles. The predicted octanol–water partition coefficient (Wildman–Crippen LogP) is 3.73. The first-order valence-electron chi connectivity index (χ1n) is 8.78. The van der Waals surface area contributed by atoms with E-state index in [0.717, 1.165) is 18.4 Å². The highest BCUT2D eigenvalue weighted by atomic mass is 32.2. The van der Waals surface area contributed by atoms with E-state index < -0.39 is 9.84 Å². The highest BCUT2D eigenvalue weighted by Crippen LogP contribution is 2.30. The summed E-state index contributed by atoms with van der Waals surface area (Å²) in [4.78, 5) is 12.3. The molecular weight excluding hydrogens is 350 g/mol. The van der Waals surface area contributed by atoms with E-state index in [2.05, 4.69) is 5.32 Å². The molecule has 1 saturated carbocycles. The highest BCUT2D eigenvalue weighted by molar-refractivity contribution is 7.92. The Morgan fingerprint density at radius 3 is 2.50 bits per heavy atom. The molecule has 1 aliphatic carbocycles. The predicted molar refractivity (Wildman–Crippen MR) is 101 cm³/mol. The van der Waals surface area contributed by atoms with Crippen molar-refractivity contribution in [2.24, 2.45) is 0 Å². The lowest BCUT2D eigenvalue weighted by Crippen LogP contribution is -2.21. The van der Waals surface area contributed by atoms with Crippen LogP contribution in [-0.2, 0) is 14.6 Å². The van der Waals surface area contributed by atoms with Gasteiger partial charge in [-0.2, -0.15) is 0 Å². The summed E-state index contributed by atoms with van der Waals surface area (Å²) in [6.07, 6.45) is 3.33. The minimum absolute atomic E-state index is 0.136. The molecule has 0 unspecified atom stereocenters. The quantitative estimate of drug-likeness (QED) is 0.837. The molecule has 2 aromatic carbocycles. The van der Waals surface area contributed by atoms with Gasteiger partial charge >= 0.3 is 0 Å². The van der Waals surface area contributed by atoms with Crippen LogP contribution in [0.3, 0.4) is 0 Å². The summed E-state index contributed by atoms with van der Waals surface area (Å²) >= 11 is 0. The number of amides is 1. The maximum atomic E-state index is 12.7. The van der Waals surface area contributed by atoms with Gasteiger partial charge in [-0.05, 0) is 50.1 Å². The van der Waals surface area contributed by atoms with Crippen molar-refractivity contribution in [1.82, 2.24) is 0 Å². The third-order valence-corrected chi connectivity index (χ3v) is 6.84. The Bertz CT molecular complexity index is 869. The van der Waals surface area contributed by atoms with Gasteiger partial charge in [0, 0.05) is 5.69 Å². The summed E-state index contributed by atoms with van der Waals surface area (Å²) in [5.41, 5.74) is 1.57. The third-order valence-electron chi connectivity index (χ3n) is 4.58. The van der Waals surface area contributed by atoms with Gasteiger partial charge in [-0.3, -0.25) is 4.79 Å². The van der Waals surface area contributed by atoms with Crippen LogP contribution >= 0.6 is 0 Å². The third kappa shape index (κ3) is 4.43. The normalized spacial score (nSPS) is 15.0. The summed E-state index contributed by atoms with van der Waals surface area (Å²) in [7, 11) is -3.34. The standard InChI is InChI=1S/C20H23NO4S/c1-15-9-11-17(12-10-15)25-14-20(22)21-16-5-4-8-19(13-16)26(23,24)18-6-2-3-7-18/h4-5,8-13,18H,2-3,6-7,14H2,1H3,(H,21,22). The Morgan fingerprint density at radius 1 is 1.12 bits per heavy atom. The van der Waals surface area contributed by atoms with Crippen molar-refractivity contribution >= 4 is 21.4 Å². The van der Waals surface area contributed by atoms with E-state index in [1.807, 2.05) is 19.1 Å². The van der Waals surface area contributed by atoms with Gasteiger partial charge in [-0.1, -0.05) is 36.6 Å². The van der Waals surface area contributed by atoms with Crippen LogP contribution in [0.5, 0.6) is 5.75 Å². The lowest BCUT2D eigenvalue weighted by Gasteiger charge is -2.13. The average Bonchev–Trinajstić information content (AvgIpc) is 3.17. The molecular formula is C20H23NO4S. The van der Waals surface area contributed by atoms with Crippen molar-refractivity contribution in [3.8, 4) is 5.75 Å². The molecule has 0 heterocycles. The molecule has 0 bridgehead atoms. The molecule has 0 radical (unpaired) electrons. The fourth-order valence-corrected chi connectivity index (χ4v) is 5.02. The Balaban J connectivity index is 1.62. The first-order chi connectivity index (χ1) is 12.4. The van der Waals surface area contributed by atoms with Crippen molar-refractivity contribution < 1.29 is 17.9 Å². The molecule has 6 heteroatoms. The molecule has 0 aromatic heterocycles. The topological polar surface area (TPSA) is 72.5 Å². The van der Waals surface area contributed by atoms with E-state index in [0.29, 0.717) is 24.3 Å². The molecule has 2 aromatic rings. The molecule has 1 N–H and O–H groups in total. The number of carbonyl (C=O) groups is 1. The number of anilines is 1. The number of benzene rings is 2. The molecule has 1 amide bonds. The Hall–Kier alpha value is -2.34. The highest BCUT2D eigenvalue weighted by Gasteiger charge is 2.30. The number of hydrogen-bond acceptors (Lipinski definition) is 4. The van der Waals surface area contributed by atoms with Crippen LogP contribution < -0.4 is 10.1 Å². The van der Waals surface area contributed by atoms with Gasteiger partial charge < -0.3 is 10.1 Å². The fraction of sp³-hybridized carbons (Fsp3) is 0.350. The van der Waals surface area contributed by atoms with E-state index in [-0.39, 0.29) is 22.7 Å². The number of ether oxygens (including phenoxy) is 1. The monoisotopic (exact) mass is 373 g/mol. The van der Waals surface area contributed by atoms with E-state index in [1.54, 1.807) is 30.3 Å². The summed E-state index contributed by atoms with van der Waals surface area (Å²) in [5, 5.41) is 2.39. The SMILES string of the molecule is Cc1ccc(OCC(=O)Nc2cccc(S(=O)(=O)C3CCCC3)c2)cc1. The first-order valence-corrected chi connectivity index (χ1v) is 10.3. The van der Waals surface area contributed by atoms with Crippen LogP contribution in [0.25, 0.3) is 0 Å². The molecule has 0 spiro atoms. The molecule has 138 valence electrons. The zero-order chi connectivity index (χ0) is 18.6. The summed E-state index contributed by atoms with van der Waals surface area (Å²) in [6, 6.07) is 13.9. The zero-order valence-corrected chi connectivity index (χ0v) is 15.6. The maximum Gasteiger partial charge on any atom is 0.262 e. The van der Waals surface area contributed by atoms with Crippen molar-refractivity contribution in [2.75, 3.05) is 11.9 Å².